The molecular formula is C25H44. The fraction of sp³-hybridized carbons (Fsp3) is 1.00. The minimum Gasteiger partial charge on any atom is -0.0622 e. The molecule has 4 saturated carbocycles. The van der Waals surface area contributed by atoms with Gasteiger partial charge in [-0.2, -0.15) is 0 Å². The molecule has 0 heteroatoms. The van der Waals surface area contributed by atoms with Crippen LogP contribution in [0.25, 0.3) is 0 Å². The summed E-state index contributed by atoms with van der Waals surface area (Å²) in [6.07, 6.45) is 15.0. The van der Waals surface area contributed by atoms with Gasteiger partial charge in [0.15, 0.2) is 0 Å². The zero-order chi connectivity index (χ0) is 18.3. The summed E-state index contributed by atoms with van der Waals surface area (Å²) in [7, 11) is 0. The molecule has 0 radical (unpaired) electrons. The lowest BCUT2D eigenvalue weighted by Crippen LogP contribution is -2.66. The van der Waals surface area contributed by atoms with Crippen LogP contribution in [0.5, 0.6) is 0 Å². The van der Waals surface area contributed by atoms with Gasteiger partial charge < -0.3 is 0 Å². The van der Waals surface area contributed by atoms with E-state index in [0.717, 1.165) is 17.8 Å². The molecular weight excluding hydrogens is 300 g/mol. The molecule has 0 aromatic heterocycles. The Balaban J connectivity index is 1.86. The normalized spacial score (nSPS) is 54.7. The van der Waals surface area contributed by atoms with Crippen LogP contribution in [0.3, 0.4) is 0 Å². The number of hydrogen-bond acceptors (Lipinski definition) is 0. The molecule has 25 heavy (non-hydrogen) atoms. The first-order valence-corrected chi connectivity index (χ1v) is 11.5. The summed E-state index contributed by atoms with van der Waals surface area (Å²) in [5.74, 6) is 2.75. The van der Waals surface area contributed by atoms with Crippen LogP contribution in [0.2, 0.25) is 0 Å². The van der Waals surface area contributed by atoms with E-state index in [1.165, 1.54) is 64.2 Å². The second-order valence-electron chi connectivity index (χ2n) is 12.5. The van der Waals surface area contributed by atoms with Crippen molar-refractivity contribution < 1.29 is 0 Å². The van der Waals surface area contributed by atoms with Gasteiger partial charge in [0.2, 0.25) is 0 Å². The maximum Gasteiger partial charge on any atom is -0.0184 e. The average Bonchev–Trinajstić information content (AvgIpc) is 2.82. The summed E-state index contributed by atoms with van der Waals surface area (Å²) >= 11 is 0. The fourth-order valence-corrected chi connectivity index (χ4v) is 10.00. The SMILES string of the molecule is CC(C)[C@@]12CC[C@]3(C)CCC[C@@]3(C)[C@@H]1CCC1C(C)(C)CCCC12C. The van der Waals surface area contributed by atoms with Crippen molar-refractivity contribution in [1.29, 1.82) is 0 Å². The number of rotatable bonds is 1. The van der Waals surface area contributed by atoms with Crippen molar-refractivity contribution in [3.63, 3.8) is 0 Å². The van der Waals surface area contributed by atoms with Crippen LogP contribution in [0.1, 0.15) is 113 Å². The van der Waals surface area contributed by atoms with Gasteiger partial charge in [-0.25, -0.2) is 0 Å². The second-order valence-corrected chi connectivity index (χ2v) is 12.5. The van der Waals surface area contributed by atoms with Crippen LogP contribution in [-0.2, 0) is 0 Å². The molecule has 0 heterocycles. The van der Waals surface area contributed by atoms with Crippen LogP contribution in [-0.4, -0.2) is 0 Å². The van der Waals surface area contributed by atoms with Crippen molar-refractivity contribution in [2.24, 2.45) is 44.8 Å². The lowest BCUT2D eigenvalue weighted by Gasteiger charge is -2.73. The lowest BCUT2D eigenvalue weighted by atomic mass is 9.31. The van der Waals surface area contributed by atoms with E-state index in [1.807, 2.05) is 0 Å². The summed E-state index contributed by atoms with van der Waals surface area (Å²) < 4.78 is 0. The highest BCUT2D eigenvalue weighted by Gasteiger charge is 2.71. The third-order valence-electron chi connectivity index (χ3n) is 11.4. The van der Waals surface area contributed by atoms with E-state index in [-0.39, 0.29) is 0 Å². The van der Waals surface area contributed by atoms with E-state index in [9.17, 15) is 0 Å². The molecule has 0 N–H and O–H groups in total. The van der Waals surface area contributed by atoms with Crippen LogP contribution in [0.15, 0.2) is 0 Å². The molecule has 4 fully saturated rings. The zero-order valence-corrected chi connectivity index (χ0v) is 18.3. The molecule has 6 atom stereocenters. The molecule has 0 aromatic rings. The van der Waals surface area contributed by atoms with Gasteiger partial charge in [-0.1, -0.05) is 61.3 Å². The monoisotopic (exact) mass is 344 g/mol. The predicted octanol–water partition coefficient (Wildman–Crippen LogP) is 7.86. The fourth-order valence-electron chi connectivity index (χ4n) is 10.00. The number of hydrogen-bond donors (Lipinski definition) is 0. The minimum atomic E-state index is 0.553. The quantitative estimate of drug-likeness (QED) is 0.454. The largest absolute Gasteiger partial charge is 0.0622 e. The molecule has 0 amide bonds. The van der Waals surface area contributed by atoms with Crippen LogP contribution in [0, 0.1) is 44.8 Å². The van der Waals surface area contributed by atoms with Crippen molar-refractivity contribution >= 4 is 0 Å². The van der Waals surface area contributed by atoms with E-state index >= 15 is 0 Å². The van der Waals surface area contributed by atoms with Crippen molar-refractivity contribution in [3.05, 3.63) is 0 Å². The molecule has 4 aliphatic rings. The Labute approximate surface area is 157 Å². The Bertz CT molecular complexity index is 544. The van der Waals surface area contributed by atoms with E-state index in [2.05, 4.69) is 48.5 Å². The summed E-state index contributed by atoms with van der Waals surface area (Å²) in [6.45, 7) is 18.6. The van der Waals surface area contributed by atoms with Gasteiger partial charge in [0.1, 0.15) is 0 Å². The molecule has 144 valence electrons. The zero-order valence-electron chi connectivity index (χ0n) is 18.3. The van der Waals surface area contributed by atoms with Gasteiger partial charge in [0.25, 0.3) is 0 Å². The first-order chi connectivity index (χ1) is 11.5. The molecule has 0 aromatic carbocycles. The molecule has 0 saturated heterocycles. The van der Waals surface area contributed by atoms with E-state index in [1.54, 1.807) is 0 Å². The Hall–Kier alpha value is 0. The lowest BCUT2D eigenvalue weighted by molar-refractivity contribution is -0.248. The summed E-state index contributed by atoms with van der Waals surface area (Å²) in [5, 5.41) is 0. The van der Waals surface area contributed by atoms with Gasteiger partial charge in [0.05, 0.1) is 0 Å². The Morgan fingerprint density at radius 2 is 1.24 bits per heavy atom. The topological polar surface area (TPSA) is 0 Å². The standard InChI is InChI=1S/C25H44/c1-18(2)25-17-16-22(5)13-9-14-23(22,6)20(25)11-10-19-21(3,4)12-8-15-24(19,25)7/h18-20H,8-17H2,1-7H3/t19?,20-,22-,23-,24?,25-/m0/s1. The first-order valence-electron chi connectivity index (χ1n) is 11.5. The average molecular weight is 345 g/mol. The van der Waals surface area contributed by atoms with Crippen LogP contribution < -0.4 is 0 Å². The molecule has 0 aliphatic heterocycles. The van der Waals surface area contributed by atoms with Gasteiger partial charge in [-0.3, -0.25) is 0 Å². The molecule has 2 unspecified atom stereocenters. The van der Waals surface area contributed by atoms with Crippen LogP contribution in [0.4, 0.5) is 0 Å². The third kappa shape index (κ3) is 2.01. The number of fused-ring (bicyclic) bond motifs is 5. The van der Waals surface area contributed by atoms with Gasteiger partial charge >= 0.3 is 0 Å². The minimum absolute atomic E-state index is 0.553. The van der Waals surface area contributed by atoms with Gasteiger partial charge in [0, 0.05) is 0 Å². The van der Waals surface area contributed by atoms with Gasteiger partial charge in [-0.05, 0) is 96.2 Å². The van der Waals surface area contributed by atoms with E-state index in [4.69, 9.17) is 0 Å². The molecule has 0 nitrogen and oxygen atoms in total. The van der Waals surface area contributed by atoms with Crippen molar-refractivity contribution in [2.75, 3.05) is 0 Å². The highest BCUT2D eigenvalue weighted by atomic mass is 14.8. The molecule has 4 aliphatic carbocycles. The summed E-state index contributed by atoms with van der Waals surface area (Å²) in [5.41, 5.74) is 2.94. The van der Waals surface area contributed by atoms with E-state index in [0.29, 0.717) is 27.1 Å². The molecule has 4 rings (SSSR count). The third-order valence-corrected chi connectivity index (χ3v) is 11.4. The Kier molecular flexibility index (Phi) is 3.88. The van der Waals surface area contributed by atoms with Crippen molar-refractivity contribution in [2.45, 2.75) is 113 Å². The smallest absolute Gasteiger partial charge is 0.0184 e. The highest BCUT2D eigenvalue weighted by Crippen LogP contribution is 2.78. The second kappa shape index (κ2) is 5.29. The van der Waals surface area contributed by atoms with Crippen molar-refractivity contribution in [1.82, 2.24) is 0 Å². The first kappa shape index (κ1) is 18.4. The molecule has 0 spiro atoms. The predicted molar refractivity (Wildman–Crippen MR) is 109 cm³/mol. The Morgan fingerprint density at radius 1 is 0.640 bits per heavy atom. The molecule has 0 bridgehead atoms. The van der Waals surface area contributed by atoms with E-state index < -0.39 is 0 Å². The van der Waals surface area contributed by atoms with Gasteiger partial charge in [-0.15, -0.1) is 0 Å². The van der Waals surface area contributed by atoms with Crippen molar-refractivity contribution in [3.8, 4) is 0 Å². The highest BCUT2D eigenvalue weighted by molar-refractivity contribution is 5.19. The maximum absolute atomic E-state index is 2.77. The van der Waals surface area contributed by atoms with Crippen LogP contribution >= 0.6 is 0 Å². The Morgan fingerprint density at radius 3 is 1.92 bits per heavy atom. The summed E-state index contributed by atoms with van der Waals surface area (Å²) in [4.78, 5) is 0. The summed E-state index contributed by atoms with van der Waals surface area (Å²) in [6, 6.07) is 0. The maximum atomic E-state index is 2.77.